The highest BCUT2D eigenvalue weighted by Gasteiger charge is 2.30. The van der Waals surface area contributed by atoms with Crippen LogP contribution in [0.4, 0.5) is 10.2 Å². The van der Waals surface area contributed by atoms with Gasteiger partial charge in [-0.15, -0.1) is 6.58 Å². The molecule has 150 valence electrons. The second-order valence-corrected chi connectivity index (χ2v) is 8.42. The molecule has 3 rings (SSSR count). The Morgan fingerprint density at radius 2 is 1.72 bits per heavy atom. The molecule has 0 saturated heterocycles. The summed E-state index contributed by atoms with van der Waals surface area (Å²) in [4.78, 5) is 12.8. The van der Waals surface area contributed by atoms with Gasteiger partial charge in [0.15, 0.2) is 0 Å². The maximum absolute atomic E-state index is 14.1. The lowest BCUT2D eigenvalue weighted by Gasteiger charge is -2.13. The summed E-state index contributed by atoms with van der Waals surface area (Å²) in [7, 11) is -3.92. The van der Waals surface area contributed by atoms with Crippen LogP contribution >= 0.6 is 0 Å². The van der Waals surface area contributed by atoms with Crippen molar-refractivity contribution in [1.82, 2.24) is 4.57 Å². The molecule has 0 radical (unpaired) electrons. The molecule has 3 aromatic rings. The third kappa shape index (κ3) is 3.73. The van der Waals surface area contributed by atoms with Gasteiger partial charge in [-0.25, -0.2) is 12.8 Å². The zero-order valence-corrected chi connectivity index (χ0v) is 17.0. The van der Waals surface area contributed by atoms with Crippen molar-refractivity contribution in [2.75, 3.05) is 5.32 Å². The van der Waals surface area contributed by atoms with Gasteiger partial charge >= 0.3 is 0 Å². The van der Waals surface area contributed by atoms with E-state index in [1.54, 1.807) is 48.8 Å². The fourth-order valence-electron chi connectivity index (χ4n) is 3.18. The lowest BCUT2D eigenvalue weighted by molar-refractivity contribution is 0.102. The normalized spacial score (nSPS) is 11.3. The van der Waals surface area contributed by atoms with Gasteiger partial charge in [0.2, 0.25) is 9.84 Å². The molecular formula is C22H21FN2O3S. The number of carbonyl (C=O) groups is 1. The van der Waals surface area contributed by atoms with Crippen molar-refractivity contribution >= 4 is 21.6 Å². The summed E-state index contributed by atoms with van der Waals surface area (Å²) >= 11 is 0. The molecule has 5 nitrogen and oxygen atoms in total. The molecule has 0 aliphatic carbocycles. The number of aromatic nitrogens is 1. The SMILES string of the molecule is C=CCn1c(C)c(C)c(S(=O)(=O)c2ccccc2)c1NC(=O)c1ccccc1F. The minimum Gasteiger partial charge on any atom is -0.327 e. The predicted molar refractivity (Wildman–Crippen MR) is 110 cm³/mol. The molecule has 0 saturated carbocycles. The highest BCUT2D eigenvalue weighted by Crippen LogP contribution is 2.35. The molecule has 0 bridgehead atoms. The second kappa shape index (κ2) is 8.05. The third-order valence-electron chi connectivity index (χ3n) is 4.76. The van der Waals surface area contributed by atoms with Crippen molar-refractivity contribution in [1.29, 1.82) is 0 Å². The van der Waals surface area contributed by atoms with Crippen LogP contribution in [0.1, 0.15) is 21.6 Å². The maximum Gasteiger partial charge on any atom is 0.259 e. The number of hydrogen-bond acceptors (Lipinski definition) is 3. The monoisotopic (exact) mass is 412 g/mol. The second-order valence-electron chi connectivity index (χ2n) is 6.54. The van der Waals surface area contributed by atoms with E-state index in [2.05, 4.69) is 11.9 Å². The van der Waals surface area contributed by atoms with Crippen molar-refractivity contribution in [3.63, 3.8) is 0 Å². The number of nitrogens with zero attached hydrogens (tertiary/aromatic N) is 1. The first-order valence-electron chi connectivity index (χ1n) is 8.95. The topological polar surface area (TPSA) is 68.2 Å². The summed E-state index contributed by atoms with van der Waals surface area (Å²) in [6, 6.07) is 13.5. The molecule has 0 atom stereocenters. The Labute approximate surface area is 169 Å². The summed E-state index contributed by atoms with van der Waals surface area (Å²) in [6.45, 7) is 7.44. The van der Waals surface area contributed by atoms with Crippen molar-refractivity contribution in [3.8, 4) is 0 Å². The predicted octanol–water partition coefficient (Wildman–Crippen LogP) is 4.52. The number of sulfone groups is 1. The average molecular weight is 412 g/mol. The van der Waals surface area contributed by atoms with Gasteiger partial charge in [-0.05, 0) is 43.7 Å². The Kier molecular flexibility index (Phi) is 5.70. The van der Waals surface area contributed by atoms with E-state index in [0.29, 0.717) is 11.3 Å². The van der Waals surface area contributed by atoms with Gasteiger partial charge in [0.25, 0.3) is 5.91 Å². The van der Waals surface area contributed by atoms with E-state index in [1.165, 1.54) is 30.3 Å². The molecule has 2 aromatic carbocycles. The summed E-state index contributed by atoms with van der Waals surface area (Å²) < 4.78 is 42.5. The van der Waals surface area contributed by atoms with Gasteiger partial charge in [-0.1, -0.05) is 36.4 Å². The standard InChI is InChI=1S/C22H21FN2O3S/c1-4-14-25-16(3)15(2)20(29(27,28)17-10-6-5-7-11-17)21(25)24-22(26)18-12-8-9-13-19(18)23/h4-13H,1,14H2,2-3H3,(H,24,26). The van der Waals surface area contributed by atoms with Gasteiger partial charge in [0, 0.05) is 12.2 Å². The molecule has 29 heavy (non-hydrogen) atoms. The van der Waals surface area contributed by atoms with Crippen LogP contribution in [0.3, 0.4) is 0 Å². The third-order valence-corrected chi connectivity index (χ3v) is 6.69. The Morgan fingerprint density at radius 3 is 2.34 bits per heavy atom. The number of anilines is 1. The molecule has 1 amide bonds. The summed E-state index contributed by atoms with van der Waals surface area (Å²) in [5.41, 5.74) is 1.01. The van der Waals surface area contributed by atoms with E-state index in [4.69, 9.17) is 0 Å². The first-order chi connectivity index (χ1) is 13.8. The molecule has 7 heteroatoms. The smallest absolute Gasteiger partial charge is 0.259 e. The lowest BCUT2D eigenvalue weighted by Crippen LogP contribution is -2.19. The van der Waals surface area contributed by atoms with E-state index in [9.17, 15) is 17.6 Å². The van der Waals surface area contributed by atoms with Crippen LogP contribution in [0, 0.1) is 19.7 Å². The fraction of sp³-hybridized carbons (Fsp3) is 0.136. The summed E-state index contributed by atoms with van der Waals surface area (Å²) in [5, 5.41) is 2.62. The number of nitrogens with one attached hydrogen (secondary N) is 1. The van der Waals surface area contributed by atoms with Crippen LogP contribution in [0.25, 0.3) is 0 Å². The molecule has 0 fully saturated rings. The van der Waals surface area contributed by atoms with Crippen molar-refractivity contribution in [3.05, 3.63) is 89.9 Å². The molecule has 1 heterocycles. The lowest BCUT2D eigenvalue weighted by atomic mass is 10.2. The van der Waals surface area contributed by atoms with E-state index in [1.807, 2.05) is 0 Å². The average Bonchev–Trinajstić information content (AvgIpc) is 2.94. The fourth-order valence-corrected chi connectivity index (χ4v) is 4.90. The number of amides is 1. The summed E-state index contributed by atoms with van der Waals surface area (Å²) in [5.74, 6) is -1.32. The minimum absolute atomic E-state index is 0.00672. The van der Waals surface area contributed by atoms with Crippen molar-refractivity contribution < 1.29 is 17.6 Å². The van der Waals surface area contributed by atoms with Crippen LogP contribution < -0.4 is 5.32 Å². The number of benzene rings is 2. The van der Waals surface area contributed by atoms with Crippen LogP contribution in [0.15, 0.2) is 77.0 Å². The molecule has 1 aromatic heterocycles. The van der Waals surface area contributed by atoms with Crippen LogP contribution in [-0.4, -0.2) is 18.9 Å². The van der Waals surface area contributed by atoms with Crippen molar-refractivity contribution in [2.24, 2.45) is 0 Å². The van der Waals surface area contributed by atoms with Crippen molar-refractivity contribution in [2.45, 2.75) is 30.2 Å². The highest BCUT2D eigenvalue weighted by atomic mass is 32.2. The Morgan fingerprint density at radius 1 is 1.10 bits per heavy atom. The molecule has 0 aliphatic rings. The van der Waals surface area contributed by atoms with E-state index < -0.39 is 21.6 Å². The Bertz CT molecular complexity index is 1180. The van der Waals surface area contributed by atoms with Gasteiger partial charge in [-0.2, -0.15) is 0 Å². The number of allylic oxidation sites excluding steroid dienone is 1. The minimum atomic E-state index is -3.92. The van der Waals surface area contributed by atoms with Gasteiger partial charge in [-0.3, -0.25) is 4.79 Å². The maximum atomic E-state index is 14.1. The van der Waals surface area contributed by atoms with E-state index in [0.717, 1.165) is 0 Å². The van der Waals surface area contributed by atoms with Crippen LogP contribution in [0.5, 0.6) is 0 Å². The number of halogens is 1. The first-order valence-corrected chi connectivity index (χ1v) is 10.4. The molecule has 0 spiro atoms. The molecular weight excluding hydrogens is 391 g/mol. The summed E-state index contributed by atoms with van der Waals surface area (Å²) in [6.07, 6.45) is 1.60. The Balaban J connectivity index is 2.20. The Hall–Kier alpha value is -3.19. The van der Waals surface area contributed by atoms with Crippen LogP contribution in [-0.2, 0) is 16.4 Å². The largest absolute Gasteiger partial charge is 0.327 e. The molecule has 0 unspecified atom stereocenters. The number of carbonyl (C=O) groups excluding carboxylic acids is 1. The zero-order valence-electron chi connectivity index (χ0n) is 16.1. The number of hydrogen-bond donors (Lipinski definition) is 1. The van der Waals surface area contributed by atoms with E-state index in [-0.39, 0.29) is 27.7 Å². The molecule has 1 N–H and O–H groups in total. The van der Waals surface area contributed by atoms with Crippen LogP contribution in [0.2, 0.25) is 0 Å². The molecule has 0 aliphatic heterocycles. The van der Waals surface area contributed by atoms with Gasteiger partial charge in [0.1, 0.15) is 16.5 Å². The first kappa shape index (κ1) is 20.5. The van der Waals surface area contributed by atoms with E-state index >= 15 is 0 Å². The van der Waals surface area contributed by atoms with Gasteiger partial charge in [0.05, 0.1) is 10.5 Å². The zero-order chi connectivity index (χ0) is 21.2. The quantitative estimate of drug-likeness (QED) is 0.606. The van der Waals surface area contributed by atoms with Gasteiger partial charge < -0.3 is 9.88 Å². The highest BCUT2D eigenvalue weighted by molar-refractivity contribution is 7.91. The number of rotatable bonds is 6.